The van der Waals surface area contributed by atoms with E-state index < -0.39 is 0 Å². The molecule has 1 aliphatic rings. The molecule has 1 aromatic rings. The van der Waals surface area contributed by atoms with E-state index in [4.69, 9.17) is 10.5 Å². The number of rotatable bonds is 3. The molecule has 0 bridgehead atoms. The molecule has 0 aromatic heterocycles. The lowest BCUT2D eigenvalue weighted by molar-refractivity contribution is -0.00864. The number of nitrogens with two attached hydrogens (primary N) is 1. The molecular formula is C11H14BrNO. The van der Waals surface area contributed by atoms with Crippen molar-refractivity contribution in [2.75, 3.05) is 5.73 Å². The van der Waals surface area contributed by atoms with Crippen LogP contribution in [0.25, 0.3) is 0 Å². The van der Waals surface area contributed by atoms with Gasteiger partial charge in [0.2, 0.25) is 0 Å². The first kappa shape index (κ1) is 9.99. The maximum atomic E-state index is 5.86. The summed E-state index contributed by atoms with van der Waals surface area (Å²) in [6, 6.07) is 5.84. The fourth-order valence-electron chi connectivity index (χ4n) is 1.47. The van der Waals surface area contributed by atoms with E-state index in [2.05, 4.69) is 15.9 Å². The van der Waals surface area contributed by atoms with Gasteiger partial charge in [-0.1, -0.05) is 22.0 Å². The number of anilines is 1. The number of hydrogen-bond donors (Lipinski definition) is 1. The highest BCUT2D eigenvalue weighted by Gasteiger charge is 2.18. The highest BCUT2D eigenvalue weighted by Crippen LogP contribution is 2.27. The van der Waals surface area contributed by atoms with Crippen molar-refractivity contribution < 1.29 is 4.74 Å². The molecule has 0 amide bonds. The zero-order valence-corrected chi connectivity index (χ0v) is 9.59. The molecular weight excluding hydrogens is 242 g/mol. The SMILES string of the molecule is Nc1cccc(Br)c1COC1CCC1. The predicted octanol–water partition coefficient (Wildman–Crippen LogP) is 3.10. The maximum Gasteiger partial charge on any atom is 0.0751 e. The van der Waals surface area contributed by atoms with Crippen molar-refractivity contribution in [3.63, 3.8) is 0 Å². The molecule has 0 aliphatic heterocycles. The van der Waals surface area contributed by atoms with E-state index in [1.54, 1.807) is 0 Å². The first-order valence-corrected chi connectivity index (χ1v) is 5.71. The largest absolute Gasteiger partial charge is 0.398 e. The van der Waals surface area contributed by atoms with E-state index in [0.29, 0.717) is 12.7 Å². The lowest BCUT2D eigenvalue weighted by Crippen LogP contribution is -2.21. The second kappa shape index (κ2) is 4.32. The van der Waals surface area contributed by atoms with Crippen LogP contribution in [0.4, 0.5) is 5.69 Å². The van der Waals surface area contributed by atoms with E-state index in [-0.39, 0.29) is 0 Å². The Hall–Kier alpha value is -0.540. The third kappa shape index (κ3) is 2.10. The molecule has 0 unspecified atom stereocenters. The van der Waals surface area contributed by atoms with Crippen LogP contribution in [0, 0.1) is 0 Å². The lowest BCUT2D eigenvalue weighted by atomic mass is 9.96. The van der Waals surface area contributed by atoms with Gasteiger partial charge < -0.3 is 10.5 Å². The zero-order chi connectivity index (χ0) is 9.97. The number of ether oxygens (including phenoxy) is 1. The molecule has 1 aromatic carbocycles. The van der Waals surface area contributed by atoms with E-state index in [1.807, 2.05) is 18.2 Å². The number of nitrogen functional groups attached to an aromatic ring is 1. The molecule has 3 heteroatoms. The second-order valence-electron chi connectivity index (χ2n) is 3.67. The van der Waals surface area contributed by atoms with E-state index in [0.717, 1.165) is 15.7 Å². The standard InChI is InChI=1S/C11H14BrNO/c12-10-5-2-6-11(13)9(10)7-14-8-3-1-4-8/h2,5-6,8H,1,3-4,7,13H2. The summed E-state index contributed by atoms with van der Waals surface area (Å²) in [7, 11) is 0. The van der Waals surface area contributed by atoms with Crippen LogP contribution in [0.3, 0.4) is 0 Å². The van der Waals surface area contributed by atoms with Gasteiger partial charge in [0, 0.05) is 15.7 Å². The third-order valence-electron chi connectivity index (χ3n) is 2.67. The van der Waals surface area contributed by atoms with Crippen molar-refractivity contribution in [3.8, 4) is 0 Å². The summed E-state index contributed by atoms with van der Waals surface area (Å²) in [4.78, 5) is 0. The summed E-state index contributed by atoms with van der Waals surface area (Å²) in [6.45, 7) is 0.623. The molecule has 76 valence electrons. The van der Waals surface area contributed by atoms with Crippen LogP contribution in [-0.2, 0) is 11.3 Å². The summed E-state index contributed by atoms with van der Waals surface area (Å²) in [5.41, 5.74) is 7.73. The highest BCUT2D eigenvalue weighted by molar-refractivity contribution is 9.10. The number of halogens is 1. The molecule has 0 heterocycles. The Morgan fingerprint density at radius 3 is 2.79 bits per heavy atom. The Bertz CT molecular complexity index is 303. The van der Waals surface area contributed by atoms with Gasteiger partial charge in [-0.05, 0) is 31.4 Å². The monoisotopic (exact) mass is 255 g/mol. The highest BCUT2D eigenvalue weighted by atomic mass is 79.9. The molecule has 1 fully saturated rings. The van der Waals surface area contributed by atoms with Gasteiger partial charge in [-0.2, -0.15) is 0 Å². The van der Waals surface area contributed by atoms with Crippen molar-refractivity contribution in [1.82, 2.24) is 0 Å². The van der Waals surface area contributed by atoms with Gasteiger partial charge in [0.1, 0.15) is 0 Å². The summed E-state index contributed by atoms with van der Waals surface area (Å²) in [6.07, 6.45) is 4.16. The molecule has 0 atom stereocenters. The Balaban J connectivity index is 2.00. The van der Waals surface area contributed by atoms with Crippen LogP contribution >= 0.6 is 15.9 Å². The Morgan fingerprint density at radius 2 is 2.21 bits per heavy atom. The van der Waals surface area contributed by atoms with E-state index in [1.165, 1.54) is 19.3 Å². The fourth-order valence-corrected chi connectivity index (χ4v) is 1.96. The first-order valence-electron chi connectivity index (χ1n) is 4.92. The minimum atomic E-state index is 0.460. The van der Waals surface area contributed by atoms with Gasteiger partial charge in [0.05, 0.1) is 12.7 Å². The molecule has 0 saturated heterocycles. The summed E-state index contributed by atoms with van der Waals surface area (Å²) < 4.78 is 6.75. The average Bonchev–Trinajstić information content (AvgIpc) is 2.07. The van der Waals surface area contributed by atoms with Crippen molar-refractivity contribution >= 4 is 21.6 Å². The molecule has 2 nitrogen and oxygen atoms in total. The quantitative estimate of drug-likeness (QED) is 0.843. The third-order valence-corrected chi connectivity index (χ3v) is 3.41. The Labute approximate surface area is 92.6 Å². The molecule has 0 radical (unpaired) electrons. The van der Waals surface area contributed by atoms with Crippen molar-refractivity contribution in [3.05, 3.63) is 28.2 Å². The van der Waals surface area contributed by atoms with Crippen LogP contribution in [0.15, 0.2) is 22.7 Å². The summed E-state index contributed by atoms with van der Waals surface area (Å²) >= 11 is 3.48. The average molecular weight is 256 g/mol. The Morgan fingerprint density at radius 1 is 1.43 bits per heavy atom. The van der Waals surface area contributed by atoms with E-state index in [9.17, 15) is 0 Å². The van der Waals surface area contributed by atoms with Gasteiger partial charge in [-0.25, -0.2) is 0 Å². The normalized spacial score (nSPS) is 16.6. The van der Waals surface area contributed by atoms with E-state index >= 15 is 0 Å². The van der Waals surface area contributed by atoms with Crippen molar-refractivity contribution in [2.45, 2.75) is 32.0 Å². The molecule has 2 rings (SSSR count). The molecule has 2 N–H and O–H groups in total. The van der Waals surface area contributed by atoms with Gasteiger partial charge in [0.25, 0.3) is 0 Å². The molecule has 14 heavy (non-hydrogen) atoms. The number of benzene rings is 1. The smallest absolute Gasteiger partial charge is 0.0751 e. The van der Waals surface area contributed by atoms with Gasteiger partial charge in [-0.15, -0.1) is 0 Å². The molecule has 1 aliphatic carbocycles. The zero-order valence-electron chi connectivity index (χ0n) is 8.00. The lowest BCUT2D eigenvalue weighted by Gasteiger charge is -2.26. The fraction of sp³-hybridized carbons (Fsp3) is 0.455. The van der Waals surface area contributed by atoms with Crippen LogP contribution < -0.4 is 5.73 Å². The predicted molar refractivity (Wildman–Crippen MR) is 61.0 cm³/mol. The van der Waals surface area contributed by atoms with Crippen LogP contribution in [0.5, 0.6) is 0 Å². The summed E-state index contributed by atoms with van der Waals surface area (Å²) in [5, 5.41) is 0. The maximum absolute atomic E-state index is 5.86. The Kier molecular flexibility index (Phi) is 3.08. The van der Waals surface area contributed by atoms with Crippen molar-refractivity contribution in [2.24, 2.45) is 0 Å². The minimum absolute atomic E-state index is 0.460. The summed E-state index contributed by atoms with van der Waals surface area (Å²) in [5.74, 6) is 0. The second-order valence-corrected chi connectivity index (χ2v) is 4.53. The van der Waals surface area contributed by atoms with Gasteiger partial charge in [0.15, 0.2) is 0 Å². The first-order chi connectivity index (χ1) is 6.77. The van der Waals surface area contributed by atoms with Crippen LogP contribution in [0.2, 0.25) is 0 Å². The minimum Gasteiger partial charge on any atom is -0.398 e. The van der Waals surface area contributed by atoms with Crippen molar-refractivity contribution in [1.29, 1.82) is 0 Å². The van der Waals surface area contributed by atoms with Gasteiger partial charge >= 0.3 is 0 Å². The topological polar surface area (TPSA) is 35.2 Å². The molecule has 0 spiro atoms. The van der Waals surface area contributed by atoms with Crippen LogP contribution in [-0.4, -0.2) is 6.10 Å². The van der Waals surface area contributed by atoms with Crippen LogP contribution in [0.1, 0.15) is 24.8 Å². The molecule has 1 saturated carbocycles. The number of hydrogen-bond acceptors (Lipinski definition) is 2. The van der Waals surface area contributed by atoms with Gasteiger partial charge in [-0.3, -0.25) is 0 Å².